The highest BCUT2D eigenvalue weighted by atomic mass is 16.3. The molecule has 0 fully saturated rings. The number of aromatic nitrogens is 1. The smallest absolute Gasteiger partial charge is 0.145 e. The van der Waals surface area contributed by atoms with Gasteiger partial charge in [0.05, 0.1) is 5.69 Å². The third kappa shape index (κ3) is 2.58. The molecule has 0 atom stereocenters. The summed E-state index contributed by atoms with van der Waals surface area (Å²) in [5.41, 5.74) is 10.6. The number of aryl methyl sites for hydroxylation is 1. The predicted molar refractivity (Wildman–Crippen MR) is 138 cm³/mol. The van der Waals surface area contributed by atoms with Crippen LogP contribution in [0.3, 0.4) is 0 Å². The van der Waals surface area contributed by atoms with Crippen LogP contribution in [-0.4, -0.2) is 4.98 Å². The fourth-order valence-corrected chi connectivity index (χ4v) is 6.51. The third-order valence-electron chi connectivity index (χ3n) is 7.84. The Morgan fingerprint density at radius 2 is 1.52 bits per heavy atom. The van der Waals surface area contributed by atoms with Crippen LogP contribution in [0.5, 0.6) is 0 Å². The van der Waals surface area contributed by atoms with E-state index in [9.17, 15) is 0 Å². The minimum atomic E-state index is -0.0289. The topological polar surface area (TPSA) is 26.0 Å². The first kappa shape index (κ1) is 20.2. The number of pyridine rings is 1. The van der Waals surface area contributed by atoms with E-state index in [2.05, 4.69) is 94.2 Å². The maximum Gasteiger partial charge on any atom is 0.145 e. The Hall–Kier alpha value is -3.39. The average Bonchev–Trinajstić information content (AvgIpc) is 3.31. The van der Waals surface area contributed by atoms with Crippen LogP contribution in [0.2, 0.25) is 0 Å². The van der Waals surface area contributed by atoms with Gasteiger partial charge in [-0.25, -0.2) is 0 Å². The van der Waals surface area contributed by atoms with Crippen molar-refractivity contribution in [3.63, 3.8) is 0 Å². The number of hydrogen-bond donors (Lipinski definition) is 0. The summed E-state index contributed by atoms with van der Waals surface area (Å²) in [7, 11) is 0. The number of furan rings is 1. The normalized spacial score (nSPS) is 14.4. The summed E-state index contributed by atoms with van der Waals surface area (Å²) in [4.78, 5) is 4.63. The molecule has 0 unspecified atom stereocenters. The lowest BCUT2D eigenvalue weighted by Gasteiger charge is -2.40. The molecule has 5 aromatic rings. The minimum absolute atomic E-state index is 0.0289. The first-order chi connectivity index (χ1) is 15.9. The van der Waals surface area contributed by atoms with E-state index in [-0.39, 0.29) is 5.41 Å². The molecule has 0 saturated carbocycles. The van der Waals surface area contributed by atoms with Gasteiger partial charge in [0.2, 0.25) is 0 Å². The summed E-state index contributed by atoms with van der Waals surface area (Å²) in [5, 5.41) is 2.34. The lowest BCUT2D eigenvalue weighted by molar-refractivity contribution is 0.280. The summed E-state index contributed by atoms with van der Waals surface area (Å²) < 4.78 is 6.66. The van der Waals surface area contributed by atoms with Gasteiger partial charge in [-0.1, -0.05) is 70.2 Å². The molecule has 3 aromatic carbocycles. The second-order valence-electron chi connectivity index (χ2n) is 10.1. The van der Waals surface area contributed by atoms with Gasteiger partial charge in [0.25, 0.3) is 0 Å². The van der Waals surface area contributed by atoms with E-state index in [1.807, 2.05) is 18.3 Å². The zero-order valence-electron chi connectivity index (χ0n) is 19.9. The first-order valence-corrected chi connectivity index (χ1v) is 12.0. The number of fused-ring (bicyclic) bond motifs is 6. The van der Waals surface area contributed by atoms with Crippen molar-refractivity contribution in [1.29, 1.82) is 0 Å². The van der Waals surface area contributed by atoms with E-state index >= 15 is 0 Å². The Labute approximate surface area is 195 Å². The fourth-order valence-electron chi connectivity index (χ4n) is 6.51. The Balaban J connectivity index is 1.72. The van der Waals surface area contributed by atoms with E-state index in [4.69, 9.17) is 4.42 Å². The molecular formula is C31H29NO. The largest absolute Gasteiger partial charge is 0.455 e. The number of benzene rings is 3. The van der Waals surface area contributed by atoms with Gasteiger partial charge in [0.15, 0.2) is 0 Å². The molecule has 0 saturated heterocycles. The van der Waals surface area contributed by atoms with Gasteiger partial charge in [-0.05, 0) is 70.8 Å². The molecule has 2 nitrogen and oxygen atoms in total. The van der Waals surface area contributed by atoms with Crippen LogP contribution in [-0.2, 0) is 5.41 Å². The molecule has 0 amide bonds. The van der Waals surface area contributed by atoms with Crippen LogP contribution in [0, 0.1) is 18.8 Å². The second-order valence-corrected chi connectivity index (χ2v) is 10.1. The lowest BCUT2D eigenvalue weighted by Crippen LogP contribution is -2.37. The molecule has 6 rings (SSSR count). The van der Waals surface area contributed by atoms with Gasteiger partial charge in [-0.2, -0.15) is 0 Å². The molecule has 1 aliphatic rings. The highest BCUT2D eigenvalue weighted by Crippen LogP contribution is 2.57. The molecule has 33 heavy (non-hydrogen) atoms. The Morgan fingerprint density at radius 1 is 0.758 bits per heavy atom. The van der Waals surface area contributed by atoms with E-state index in [1.54, 1.807) is 0 Å². The van der Waals surface area contributed by atoms with Gasteiger partial charge in [-0.15, -0.1) is 0 Å². The third-order valence-corrected chi connectivity index (χ3v) is 7.84. The maximum absolute atomic E-state index is 6.66. The zero-order chi connectivity index (χ0) is 22.9. The quantitative estimate of drug-likeness (QED) is 0.286. The van der Waals surface area contributed by atoms with Crippen molar-refractivity contribution in [3.8, 4) is 22.4 Å². The molecule has 0 radical (unpaired) electrons. The standard InChI is InChI=1S/C31H29NO/c1-18(2)31(19(3)4)25-11-7-6-10-21(25)23-16-24-22-14-13-20(5)29(27-12-8-9-15-32-27)30(22)33-28(24)17-26(23)31/h6-19H,1-5H3. The Bertz CT molecular complexity index is 1510. The molecule has 0 aliphatic heterocycles. The van der Waals surface area contributed by atoms with Gasteiger partial charge in [0.1, 0.15) is 11.2 Å². The van der Waals surface area contributed by atoms with Crippen LogP contribution in [0.25, 0.3) is 44.3 Å². The first-order valence-electron chi connectivity index (χ1n) is 12.0. The van der Waals surface area contributed by atoms with Crippen molar-refractivity contribution >= 4 is 21.9 Å². The number of nitrogens with zero attached hydrogens (tertiary/aromatic N) is 1. The van der Waals surface area contributed by atoms with Crippen LogP contribution < -0.4 is 0 Å². The predicted octanol–water partition coefficient (Wildman–Crippen LogP) is 8.53. The molecular weight excluding hydrogens is 402 g/mol. The monoisotopic (exact) mass is 431 g/mol. The molecule has 0 N–H and O–H groups in total. The number of hydrogen-bond acceptors (Lipinski definition) is 2. The summed E-state index contributed by atoms with van der Waals surface area (Å²) >= 11 is 0. The van der Waals surface area contributed by atoms with E-state index in [0.29, 0.717) is 11.8 Å². The summed E-state index contributed by atoms with van der Waals surface area (Å²) in [5.74, 6) is 0.932. The van der Waals surface area contributed by atoms with Crippen molar-refractivity contribution in [3.05, 3.63) is 89.6 Å². The molecule has 0 spiro atoms. The van der Waals surface area contributed by atoms with Crippen molar-refractivity contribution in [2.45, 2.75) is 40.0 Å². The second kappa shape index (κ2) is 7.05. The van der Waals surface area contributed by atoms with Crippen LogP contribution >= 0.6 is 0 Å². The average molecular weight is 432 g/mol. The van der Waals surface area contributed by atoms with E-state index < -0.39 is 0 Å². The molecule has 2 aromatic heterocycles. The van der Waals surface area contributed by atoms with Gasteiger partial charge in [0, 0.05) is 27.9 Å². The highest BCUT2D eigenvalue weighted by molar-refractivity contribution is 6.11. The summed E-state index contributed by atoms with van der Waals surface area (Å²) in [6.45, 7) is 11.6. The van der Waals surface area contributed by atoms with Crippen molar-refractivity contribution in [2.24, 2.45) is 11.8 Å². The molecule has 2 heterocycles. The van der Waals surface area contributed by atoms with Crippen LogP contribution in [0.4, 0.5) is 0 Å². The number of rotatable bonds is 3. The molecule has 164 valence electrons. The summed E-state index contributed by atoms with van der Waals surface area (Å²) in [6.07, 6.45) is 1.85. The molecule has 0 bridgehead atoms. The van der Waals surface area contributed by atoms with Crippen molar-refractivity contribution < 1.29 is 4.42 Å². The van der Waals surface area contributed by atoms with Crippen molar-refractivity contribution in [2.75, 3.05) is 0 Å². The van der Waals surface area contributed by atoms with Crippen molar-refractivity contribution in [1.82, 2.24) is 4.98 Å². The van der Waals surface area contributed by atoms with Crippen LogP contribution in [0.1, 0.15) is 44.4 Å². The van der Waals surface area contributed by atoms with E-state index in [1.165, 1.54) is 33.2 Å². The SMILES string of the molecule is Cc1ccc2c(oc3cc4c(cc32)-c2ccccc2C4(C(C)C)C(C)C)c1-c1ccccn1. The zero-order valence-corrected chi connectivity index (χ0v) is 19.9. The molecule has 2 heteroatoms. The fraction of sp³-hybridized carbons (Fsp3) is 0.258. The lowest BCUT2D eigenvalue weighted by atomic mass is 9.63. The summed E-state index contributed by atoms with van der Waals surface area (Å²) in [6, 6.07) is 24.1. The Morgan fingerprint density at radius 3 is 2.24 bits per heavy atom. The van der Waals surface area contributed by atoms with Gasteiger partial charge in [-0.3, -0.25) is 4.98 Å². The van der Waals surface area contributed by atoms with Gasteiger partial charge < -0.3 is 4.42 Å². The Kier molecular flexibility index (Phi) is 4.32. The van der Waals surface area contributed by atoms with Gasteiger partial charge >= 0.3 is 0 Å². The minimum Gasteiger partial charge on any atom is -0.455 e. The van der Waals surface area contributed by atoms with Crippen LogP contribution in [0.15, 0.2) is 77.3 Å². The molecule has 1 aliphatic carbocycles. The van der Waals surface area contributed by atoms with E-state index in [0.717, 1.165) is 27.8 Å². The maximum atomic E-state index is 6.66. The highest BCUT2D eigenvalue weighted by Gasteiger charge is 2.48.